The van der Waals surface area contributed by atoms with Crippen molar-refractivity contribution < 1.29 is 47.6 Å². The van der Waals surface area contributed by atoms with Crippen molar-refractivity contribution in [2.24, 2.45) is 0 Å². The summed E-state index contributed by atoms with van der Waals surface area (Å²) in [6.45, 7) is 0.806. The van der Waals surface area contributed by atoms with E-state index in [-0.39, 0.29) is 17.7 Å². The van der Waals surface area contributed by atoms with Crippen LogP contribution >= 0.6 is 0 Å². The van der Waals surface area contributed by atoms with Crippen LogP contribution in [-0.2, 0) is 33.2 Å². The second-order valence-electron chi connectivity index (χ2n) is 8.79. The molecule has 0 amide bonds. The maximum atomic E-state index is 13.1. The predicted octanol–water partition coefficient (Wildman–Crippen LogP) is 3.60. The lowest BCUT2D eigenvalue weighted by Gasteiger charge is -2.43. The number of esters is 4. The Labute approximate surface area is 230 Å². The predicted molar refractivity (Wildman–Crippen MR) is 139 cm³/mol. The van der Waals surface area contributed by atoms with Gasteiger partial charge in [0.1, 0.15) is 18.8 Å². The lowest BCUT2D eigenvalue weighted by atomic mass is 9.98. The molecule has 10 heteroatoms. The number of methoxy groups -OCH3 is 1. The van der Waals surface area contributed by atoms with E-state index in [4.69, 9.17) is 28.4 Å². The Morgan fingerprint density at radius 2 is 1.07 bits per heavy atom. The van der Waals surface area contributed by atoms with Crippen LogP contribution in [0.25, 0.3) is 0 Å². The van der Waals surface area contributed by atoms with Gasteiger partial charge in [-0.25, -0.2) is 14.4 Å². The second-order valence-corrected chi connectivity index (χ2v) is 8.79. The van der Waals surface area contributed by atoms with Crippen molar-refractivity contribution in [1.29, 1.82) is 0 Å². The SMILES string of the molecule is CO[C@H]1[C@H](OC(=O)c2ccccc2)[C@@H](OC(=O)c2ccccc2)C(OC(C)=O)O[C@@H]1COC(=O)c1ccccc1. The van der Waals surface area contributed by atoms with Crippen molar-refractivity contribution in [3.05, 3.63) is 108 Å². The monoisotopic (exact) mass is 548 g/mol. The quantitative estimate of drug-likeness (QED) is 0.289. The highest BCUT2D eigenvalue weighted by Crippen LogP contribution is 2.30. The van der Waals surface area contributed by atoms with Gasteiger partial charge < -0.3 is 28.4 Å². The molecule has 0 aromatic heterocycles. The Morgan fingerprint density at radius 3 is 1.52 bits per heavy atom. The first-order chi connectivity index (χ1) is 19.4. The summed E-state index contributed by atoms with van der Waals surface area (Å²) in [5.74, 6) is -2.87. The zero-order valence-electron chi connectivity index (χ0n) is 21.8. The minimum Gasteiger partial charge on any atom is -0.459 e. The highest BCUT2D eigenvalue weighted by atomic mass is 16.7. The fraction of sp³-hybridized carbons (Fsp3) is 0.267. The van der Waals surface area contributed by atoms with E-state index in [2.05, 4.69) is 0 Å². The summed E-state index contributed by atoms with van der Waals surface area (Å²) >= 11 is 0. The van der Waals surface area contributed by atoms with Gasteiger partial charge in [-0.2, -0.15) is 0 Å². The Morgan fingerprint density at radius 1 is 0.625 bits per heavy atom. The molecule has 4 rings (SSSR count). The van der Waals surface area contributed by atoms with Crippen LogP contribution in [0.4, 0.5) is 0 Å². The van der Waals surface area contributed by atoms with Crippen molar-refractivity contribution in [2.45, 2.75) is 37.6 Å². The highest BCUT2D eigenvalue weighted by molar-refractivity contribution is 5.90. The Hall–Kier alpha value is -4.54. The maximum Gasteiger partial charge on any atom is 0.338 e. The molecule has 10 nitrogen and oxygen atoms in total. The van der Waals surface area contributed by atoms with E-state index in [0.29, 0.717) is 5.56 Å². The molecule has 0 bridgehead atoms. The topological polar surface area (TPSA) is 124 Å². The van der Waals surface area contributed by atoms with E-state index in [1.807, 2.05) is 0 Å². The van der Waals surface area contributed by atoms with Crippen molar-refractivity contribution in [3.63, 3.8) is 0 Å². The second kappa shape index (κ2) is 13.5. The first-order valence-corrected chi connectivity index (χ1v) is 12.5. The molecule has 40 heavy (non-hydrogen) atoms. The average molecular weight is 549 g/mol. The number of carbonyl (C=O) groups excluding carboxylic acids is 4. The van der Waals surface area contributed by atoms with Gasteiger partial charge in [-0.3, -0.25) is 4.79 Å². The number of rotatable bonds is 9. The van der Waals surface area contributed by atoms with E-state index in [9.17, 15) is 19.2 Å². The smallest absolute Gasteiger partial charge is 0.338 e. The largest absolute Gasteiger partial charge is 0.459 e. The van der Waals surface area contributed by atoms with Gasteiger partial charge in [0.05, 0.1) is 16.7 Å². The molecule has 3 aromatic carbocycles. The molecule has 1 saturated heterocycles. The van der Waals surface area contributed by atoms with E-state index < -0.39 is 54.6 Å². The van der Waals surface area contributed by atoms with Crippen LogP contribution in [0.5, 0.6) is 0 Å². The first-order valence-electron chi connectivity index (χ1n) is 12.5. The van der Waals surface area contributed by atoms with Gasteiger partial charge in [0.15, 0.2) is 6.10 Å². The molecule has 1 aliphatic heterocycles. The van der Waals surface area contributed by atoms with E-state index in [1.54, 1.807) is 78.9 Å². The molecule has 5 atom stereocenters. The molecule has 1 fully saturated rings. The summed E-state index contributed by atoms with van der Waals surface area (Å²) in [6, 6.07) is 24.6. The van der Waals surface area contributed by atoms with Crippen molar-refractivity contribution in [2.75, 3.05) is 13.7 Å². The highest BCUT2D eigenvalue weighted by Gasteiger charge is 2.52. The van der Waals surface area contributed by atoms with Crippen molar-refractivity contribution in [1.82, 2.24) is 0 Å². The van der Waals surface area contributed by atoms with Gasteiger partial charge in [0.2, 0.25) is 12.4 Å². The van der Waals surface area contributed by atoms with Gasteiger partial charge in [0, 0.05) is 14.0 Å². The zero-order valence-corrected chi connectivity index (χ0v) is 21.8. The molecule has 1 unspecified atom stereocenters. The van der Waals surface area contributed by atoms with Gasteiger partial charge in [-0.1, -0.05) is 54.6 Å². The molecule has 208 valence electrons. The molecule has 0 N–H and O–H groups in total. The van der Waals surface area contributed by atoms with Gasteiger partial charge in [-0.15, -0.1) is 0 Å². The summed E-state index contributed by atoms with van der Waals surface area (Å²) in [5, 5.41) is 0. The number of hydrogen-bond acceptors (Lipinski definition) is 10. The fourth-order valence-corrected chi connectivity index (χ4v) is 4.16. The third-order valence-electron chi connectivity index (χ3n) is 6.04. The van der Waals surface area contributed by atoms with Crippen LogP contribution in [0.1, 0.15) is 38.0 Å². The molecular weight excluding hydrogens is 520 g/mol. The van der Waals surface area contributed by atoms with Crippen LogP contribution < -0.4 is 0 Å². The standard InChI is InChI=1S/C30H28O10/c1-19(31)37-30-26(40-29(34)22-16-10-5-11-17-22)25(39-28(33)21-14-8-4-9-15-21)24(35-2)23(38-30)18-36-27(32)20-12-6-3-7-13-20/h3-17,23-26,30H,18H2,1-2H3/t23-,24-,25+,26-,30?/m1/s1. The third-order valence-corrected chi connectivity index (χ3v) is 6.04. The lowest BCUT2D eigenvalue weighted by Crippen LogP contribution is -2.62. The van der Waals surface area contributed by atoms with Gasteiger partial charge in [0.25, 0.3) is 0 Å². The Kier molecular flexibility index (Phi) is 9.61. The van der Waals surface area contributed by atoms with Gasteiger partial charge in [-0.05, 0) is 36.4 Å². The summed E-state index contributed by atoms with van der Waals surface area (Å²) in [5.41, 5.74) is 0.753. The number of ether oxygens (including phenoxy) is 6. The van der Waals surface area contributed by atoms with Crippen LogP contribution in [0.15, 0.2) is 91.0 Å². The summed E-state index contributed by atoms with van der Waals surface area (Å²) < 4.78 is 33.9. The molecule has 3 aromatic rings. The van der Waals surface area contributed by atoms with Gasteiger partial charge >= 0.3 is 23.9 Å². The normalized spacial score (nSPS) is 22.0. The summed E-state index contributed by atoms with van der Waals surface area (Å²) in [4.78, 5) is 50.7. The summed E-state index contributed by atoms with van der Waals surface area (Å²) in [6.07, 6.45) is -6.40. The van der Waals surface area contributed by atoms with Crippen molar-refractivity contribution >= 4 is 23.9 Å². The minimum atomic E-state index is -1.51. The molecule has 0 spiro atoms. The summed E-state index contributed by atoms with van der Waals surface area (Å²) in [7, 11) is 1.34. The third kappa shape index (κ3) is 7.10. The Balaban J connectivity index is 1.64. The number of hydrogen-bond donors (Lipinski definition) is 0. The maximum absolute atomic E-state index is 13.1. The van der Waals surface area contributed by atoms with Crippen LogP contribution in [0.2, 0.25) is 0 Å². The zero-order chi connectivity index (χ0) is 28.5. The molecule has 1 heterocycles. The molecule has 0 aliphatic carbocycles. The Bertz CT molecular complexity index is 1300. The number of benzene rings is 3. The van der Waals surface area contributed by atoms with Crippen LogP contribution in [0.3, 0.4) is 0 Å². The molecule has 0 saturated carbocycles. The minimum absolute atomic E-state index is 0.213. The number of carbonyl (C=O) groups is 4. The van der Waals surface area contributed by atoms with Crippen LogP contribution in [-0.4, -0.2) is 68.3 Å². The van der Waals surface area contributed by atoms with E-state index >= 15 is 0 Å². The first kappa shape index (κ1) is 28.5. The van der Waals surface area contributed by atoms with E-state index in [0.717, 1.165) is 6.92 Å². The molecule has 0 radical (unpaired) electrons. The average Bonchev–Trinajstić information content (AvgIpc) is 2.98. The lowest BCUT2D eigenvalue weighted by molar-refractivity contribution is -0.293. The van der Waals surface area contributed by atoms with Crippen molar-refractivity contribution in [3.8, 4) is 0 Å². The van der Waals surface area contributed by atoms with Crippen LogP contribution in [0, 0.1) is 0 Å². The molecule has 1 aliphatic rings. The fourth-order valence-electron chi connectivity index (χ4n) is 4.16. The molecular formula is C30H28O10. The van der Waals surface area contributed by atoms with E-state index in [1.165, 1.54) is 19.2 Å².